The lowest BCUT2D eigenvalue weighted by Crippen LogP contribution is -2.27. The second-order valence-electron chi connectivity index (χ2n) is 6.01. The van der Waals surface area contributed by atoms with Gasteiger partial charge in [0.2, 0.25) is 0 Å². The quantitative estimate of drug-likeness (QED) is 0.490. The number of carbonyl (C=O) groups is 1. The predicted octanol–water partition coefficient (Wildman–Crippen LogP) is 4.89. The number of rotatable bonds is 7. The largest absolute Gasteiger partial charge is 0.493 e. The molecule has 0 aliphatic carbocycles. The molecule has 1 aliphatic rings. The van der Waals surface area contributed by atoms with Crippen molar-refractivity contribution in [3.8, 4) is 11.5 Å². The molecule has 0 atom stereocenters. The molecule has 0 radical (unpaired) electrons. The molecule has 1 heterocycles. The van der Waals surface area contributed by atoms with Crippen LogP contribution in [0.5, 0.6) is 11.5 Å². The lowest BCUT2D eigenvalue weighted by molar-refractivity contribution is -0.122. The van der Waals surface area contributed by atoms with E-state index in [4.69, 9.17) is 21.7 Å². The molecule has 1 amide bonds. The normalized spacial score (nSPS) is 15.5. The van der Waals surface area contributed by atoms with Crippen molar-refractivity contribution >= 4 is 40.3 Å². The van der Waals surface area contributed by atoms with Crippen LogP contribution >= 0.6 is 24.0 Å². The van der Waals surface area contributed by atoms with E-state index in [1.54, 1.807) is 12.0 Å². The molecule has 6 heteroatoms. The van der Waals surface area contributed by atoms with Crippen molar-refractivity contribution in [2.75, 3.05) is 13.7 Å². The minimum absolute atomic E-state index is 0.0703. The van der Waals surface area contributed by atoms with Gasteiger partial charge < -0.3 is 9.47 Å². The van der Waals surface area contributed by atoms with Gasteiger partial charge in [0.05, 0.1) is 25.2 Å². The zero-order valence-electron chi connectivity index (χ0n) is 15.3. The number of thioether (sulfide) groups is 1. The van der Waals surface area contributed by atoms with Crippen LogP contribution in [0.25, 0.3) is 6.08 Å². The molecule has 27 heavy (non-hydrogen) atoms. The van der Waals surface area contributed by atoms with E-state index in [1.165, 1.54) is 11.8 Å². The molecule has 1 saturated heterocycles. The summed E-state index contributed by atoms with van der Waals surface area (Å²) >= 11 is 6.73. The molecule has 2 aromatic carbocycles. The van der Waals surface area contributed by atoms with Gasteiger partial charge in [-0.25, -0.2) is 0 Å². The summed E-state index contributed by atoms with van der Waals surface area (Å²) in [5.74, 6) is 1.28. The number of amides is 1. The number of hydrogen-bond acceptors (Lipinski definition) is 5. The molecule has 0 unspecified atom stereocenters. The number of ether oxygens (including phenoxy) is 2. The molecule has 2 aromatic rings. The SMILES string of the molecule is CCCOc1ccc(/C=C2/SC(=S)N(Cc3ccccc3)C2=O)cc1OC. The number of thiocarbonyl (C=S) groups is 1. The summed E-state index contributed by atoms with van der Waals surface area (Å²) in [7, 11) is 1.61. The van der Waals surface area contributed by atoms with E-state index in [0.29, 0.717) is 33.9 Å². The monoisotopic (exact) mass is 399 g/mol. The van der Waals surface area contributed by atoms with Crippen molar-refractivity contribution in [2.45, 2.75) is 19.9 Å². The standard InChI is InChI=1S/C21H21NO3S2/c1-3-11-25-17-10-9-16(12-18(17)24-2)13-19-20(23)22(21(26)27-19)14-15-7-5-4-6-8-15/h4-10,12-13H,3,11,14H2,1-2H3/b19-13+. The summed E-state index contributed by atoms with van der Waals surface area (Å²) in [5, 5.41) is 0. The maximum atomic E-state index is 12.8. The first-order valence-corrected chi connectivity index (χ1v) is 9.95. The molecule has 3 rings (SSSR count). The Bertz CT molecular complexity index is 865. The van der Waals surface area contributed by atoms with Gasteiger partial charge >= 0.3 is 0 Å². The molecular weight excluding hydrogens is 378 g/mol. The van der Waals surface area contributed by atoms with Crippen LogP contribution < -0.4 is 9.47 Å². The fraction of sp³-hybridized carbons (Fsp3) is 0.238. The molecule has 0 spiro atoms. The van der Waals surface area contributed by atoms with E-state index in [9.17, 15) is 4.79 Å². The van der Waals surface area contributed by atoms with Gasteiger partial charge in [-0.15, -0.1) is 0 Å². The minimum Gasteiger partial charge on any atom is -0.493 e. The maximum Gasteiger partial charge on any atom is 0.266 e. The Hall–Kier alpha value is -2.31. The van der Waals surface area contributed by atoms with Crippen molar-refractivity contribution in [2.24, 2.45) is 0 Å². The first-order valence-electron chi connectivity index (χ1n) is 8.72. The number of methoxy groups -OCH3 is 1. The lowest BCUT2D eigenvalue weighted by atomic mass is 10.1. The van der Waals surface area contributed by atoms with Gasteiger partial charge in [-0.3, -0.25) is 9.69 Å². The zero-order chi connectivity index (χ0) is 19.2. The highest BCUT2D eigenvalue weighted by Crippen LogP contribution is 2.35. The Morgan fingerprint density at radius 1 is 1.15 bits per heavy atom. The van der Waals surface area contributed by atoms with Crippen molar-refractivity contribution in [1.82, 2.24) is 4.90 Å². The number of carbonyl (C=O) groups excluding carboxylic acids is 1. The average Bonchev–Trinajstić information content (AvgIpc) is 2.95. The summed E-state index contributed by atoms with van der Waals surface area (Å²) in [6, 6.07) is 15.5. The Labute approximate surface area is 169 Å². The van der Waals surface area contributed by atoms with Crippen LogP contribution in [0.3, 0.4) is 0 Å². The highest BCUT2D eigenvalue weighted by molar-refractivity contribution is 8.26. The Kier molecular flexibility index (Phi) is 6.53. The van der Waals surface area contributed by atoms with Gasteiger partial charge in [-0.1, -0.05) is 67.3 Å². The molecule has 0 bridgehead atoms. The number of nitrogens with zero attached hydrogens (tertiary/aromatic N) is 1. The van der Waals surface area contributed by atoms with Crippen LogP contribution in [0, 0.1) is 0 Å². The average molecular weight is 400 g/mol. The van der Waals surface area contributed by atoms with E-state index in [0.717, 1.165) is 17.5 Å². The van der Waals surface area contributed by atoms with Crippen molar-refractivity contribution < 1.29 is 14.3 Å². The lowest BCUT2D eigenvalue weighted by Gasteiger charge is -2.14. The van der Waals surface area contributed by atoms with Gasteiger partial charge in [0.15, 0.2) is 11.5 Å². The highest BCUT2D eigenvalue weighted by atomic mass is 32.2. The Morgan fingerprint density at radius 2 is 1.93 bits per heavy atom. The second-order valence-corrected chi connectivity index (χ2v) is 7.69. The van der Waals surface area contributed by atoms with Crippen LogP contribution in [0.4, 0.5) is 0 Å². The van der Waals surface area contributed by atoms with Crippen LogP contribution in [0.15, 0.2) is 53.4 Å². The second kappa shape index (κ2) is 9.06. The van der Waals surface area contributed by atoms with Crippen LogP contribution in [0.2, 0.25) is 0 Å². The first kappa shape index (κ1) is 19.5. The van der Waals surface area contributed by atoms with Crippen molar-refractivity contribution in [1.29, 1.82) is 0 Å². The van der Waals surface area contributed by atoms with Gasteiger partial charge in [0.1, 0.15) is 4.32 Å². The van der Waals surface area contributed by atoms with Crippen LogP contribution in [-0.4, -0.2) is 28.8 Å². The van der Waals surface area contributed by atoms with Crippen molar-refractivity contribution in [3.63, 3.8) is 0 Å². The molecule has 1 aliphatic heterocycles. The summed E-state index contributed by atoms with van der Waals surface area (Å²) in [5.41, 5.74) is 1.92. The number of hydrogen-bond donors (Lipinski definition) is 0. The van der Waals surface area contributed by atoms with E-state index in [1.807, 2.05) is 54.6 Å². The Balaban J connectivity index is 1.79. The Morgan fingerprint density at radius 3 is 2.63 bits per heavy atom. The van der Waals surface area contributed by atoms with Crippen molar-refractivity contribution in [3.05, 3.63) is 64.6 Å². The van der Waals surface area contributed by atoms with E-state index in [2.05, 4.69) is 6.92 Å². The van der Waals surface area contributed by atoms with Crippen LogP contribution in [-0.2, 0) is 11.3 Å². The van der Waals surface area contributed by atoms with E-state index >= 15 is 0 Å². The number of benzene rings is 2. The van der Waals surface area contributed by atoms with E-state index in [-0.39, 0.29) is 5.91 Å². The van der Waals surface area contributed by atoms with Crippen LogP contribution in [0.1, 0.15) is 24.5 Å². The molecule has 0 aromatic heterocycles. The highest BCUT2D eigenvalue weighted by Gasteiger charge is 2.31. The molecule has 140 valence electrons. The van der Waals surface area contributed by atoms with Gasteiger partial charge in [0.25, 0.3) is 5.91 Å². The maximum absolute atomic E-state index is 12.8. The van der Waals surface area contributed by atoms with Gasteiger partial charge in [-0.05, 0) is 35.8 Å². The molecule has 1 fully saturated rings. The topological polar surface area (TPSA) is 38.8 Å². The van der Waals surface area contributed by atoms with Gasteiger partial charge in [0, 0.05) is 0 Å². The molecule has 4 nitrogen and oxygen atoms in total. The summed E-state index contributed by atoms with van der Waals surface area (Å²) in [6.45, 7) is 3.17. The molecule has 0 N–H and O–H groups in total. The summed E-state index contributed by atoms with van der Waals surface area (Å²) < 4.78 is 11.7. The smallest absolute Gasteiger partial charge is 0.266 e. The molecule has 0 saturated carbocycles. The summed E-state index contributed by atoms with van der Waals surface area (Å²) in [4.78, 5) is 15.0. The summed E-state index contributed by atoms with van der Waals surface area (Å²) in [6.07, 6.45) is 2.77. The minimum atomic E-state index is -0.0703. The fourth-order valence-electron chi connectivity index (χ4n) is 2.66. The zero-order valence-corrected chi connectivity index (χ0v) is 16.9. The van der Waals surface area contributed by atoms with E-state index < -0.39 is 0 Å². The third-order valence-corrected chi connectivity index (χ3v) is 5.38. The fourth-order valence-corrected chi connectivity index (χ4v) is 3.91. The third-order valence-electron chi connectivity index (χ3n) is 4.00. The predicted molar refractivity (Wildman–Crippen MR) is 114 cm³/mol. The molecular formula is C21H21NO3S2. The third kappa shape index (κ3) is 4.70. The van der Waals surface area contributed by atoms with Gasteiger partial charge in [-0.2, -0.15) is 0 Å². The first-order chi connectivity index (χ1) is 13.1.